The van der Waals surface area contributed by atoms with E-state index in [0.29, 0.717) is 42.1 Å². The van der Waals surface area contributed by atoms with E-state index in [9.17, 15) is 17.6 Å². The summed E-state index contributed by atoms with van der Waals surface area (Å²) in [5.41, 5.74) is 1.75. The number of hydrogen-bond acceptors (Lipinski definition) is 3. The van der Waals surface area contributed by atoms with Crippen LogP contribution in [0.1, 0.15) is 127 Å². The molecule has 46 heavy (non-hydrogen) atoms. The molecule has 0 aromatic heterocycles. The van der Waals surface area contributed by atoms with Crippen LogP contribution in [0.4, 0.5) is 17.6 Å². The van der Waals surface area contributed by atoms with Crippen LogP contribution >= 0.6 is 0 Å². The maximum Gasteiger partial charge on any atom is 0.201 e. The van der Waals surface area contributed by atoms with Crippen molar-refractivity contribution in [3.63, 3.8) is 0 Å². The molecule has 2 fully saturated rings. The van der Waals surface area contributed by atoms with Crippen LogP contribution in [0.3, 0.4) is 0 Å². The number of rotatable bonds is 14. The Morgan fingerprint density at radius 3 is 1.89 bits per heavy atom. The largest absolute Gasteiger partial charge is 0.490 e. The highest BCUT2D eigenvalue weighted by molar-refractivity contribution is 5.67. The van der Waals surface area contributed by atoms with E-state index in [2.05, 4.69) is 6.08 Å². The predicted molar refractivity (Wildman–Crippen MR) is 175 cm³/mol. The van der Waals surface area contributed by atoms with Gasteiger partial charge in [-0.25, -0.2) is 8.78 Å². The van der Waals surface area contributed by atoms with Crippen LogP contribution in [0.2, 0.25) is 0 Å². The van der Waals surface area contributed by atoms with Crippen molar-refractivity contribution in [3.8, 4) is 11.5 Å². The summed E-state index contributed by atoms with van der Waals surface area (Å²) >= 11 is 0. The van der Waals surface area contributed by atoms with Crippen LogP contribution in [0, 0.1) is 41.0 Å². The summed E-state index contributed by atoms with van der Waals surface area (Å²) in [7, 11) is 0. The Morgan fingerprint density at radius 1 is 0.652 bits per heavy atom. The van der Waals surface area contributed by atoms with E-state index in [1.54, 1.807) is 24.3 Å². The third-order valence-corrected chi connectivity index (χ3v) is 10.7. The zero-order valence-electron chi connectivity index (χ0n) is 27.7. The number of allylic oxidation sites excluding steroid dienone is 2. The van der Waals surface area contributed by atoms with Gasteiger partial charge in [-0.2, -0.15) is 8.78 Å². The van der Waals surface area contributed by atoms with Gasteiger partial charge in [-0.1, -0.05) is 38.8 Å². The normalized spacial score (nSPS) is 25.3. The van der Waals surface area contributed by atoms with Crippen molar-refractivity contribution < 1.29 is 31.8 Å². The fraction of sp³-hybridized carbons (Fsp3) is 0.641. The summed E-state index contributed by atoms with van der Waals surface area (Å²) in [6.07, 6.45) is 16.6. The molecule has 0 saturated heterocycles. The molecule has 1 atom stereocenters. The zero-order chi connectivity index (χ0) is 32.5. The van der Waals surface area contributed by atoms with Crippen molar-refractivity contribution in [2.24, 2.45) is 17.8 Å². The van der Waals surface area contributed by atoms with Crippen LogP contribution in [-0.4, -0.2) is 25.9 Å². The smallest absolute Gasteiger partial charge is 0.201 e. The van der Waals surface area contributed by atoms with Gasteiger partial charge in [0.2, 0.25) is 11.6 Å². The van der Waals surface area contributed by atoms with Crippen molar-refractivity contribution in [3.05, 3.63) is 64.7 Å². The van der Waals surface area contributed by atoms with E-state index in [4.69, 9.17) is 14.2 Å². The minimum atomic E-state index is -0.884. The maximum absolute atomic E-state index is 14.9. The molecule has 0 N–H and O–H groups in total. The van der Waals surface area contributed by atoms with Gasteiger partial charge in [0.25, 0.3) is 0 Å². The quantitative estimate of drug-likeness (QED) is 0.151. The van der Waals surface area contributed by atoms with Gasteiger partial charge in [0.1, 0.15) is 0 Å². The van der Waals surface area contributed by atoms with Crippen LogP contribution in [-0.2, 0) is 4.74 Å². The molecule has 3 aliphatic carbocycles. The lowest BCUT2D eigenvalue weighted by Crippen LogP contribution is -2.29. The lowest BCUT2D eigenvalue weighted by Gasteiger charge is -2.36. The molecular formula is C39H52F4O3. The summed E-state index contributed by atoms with van der Waals surface area (Å²) in [5, 5.41) is 0. The molecule has 3 nitrogen and oxygen atoms in total. The van der Waals surface area contributed by atoms with Gasteiger partial charge in [0, 0.05) is 12.2 Å². The second-order valence-electron chi connectivity index (χ2n) is 13.8. The highest BCUT2D eigenvalue weighted by Gasteiger charge is 2.31. The molecule has 0 radical (unpaired) electrons. The second-order valence-corrected chi connectivity index (χ2v) is 13.8. The minimum Gasteiger partial charge on any atom is -0.490 e. The van der Waals surface area contributed by atoms with Crippen LogP contribution < -0.4 is 9.47 Å². The van der Waals surface area contributed by atoms with Crippen molar-refractivity contribution in [1.29, 1.82) is 0 Å². The molecular weight excluding hydrogens is 592 g/mol. The average molecular weight is 645 g/mol. The summed E-state index contributed by atoms with van der Waals surface area (Å²) in [5.74, 6) is -1.57. The third-order valence-electron chi connectivity index (χ3n) is 10.7. The first-order chi connectivity index (χ1) is 22.4. The Labute approximate surface area is 273 Å². The molecule has 0 aliphatic heterocycles. The van der Waals surface area contributed by atoms with Gasteiger partial charge in [-0.3, -0.25) is 0 Å². The monoisotopic (exact) mass is 644 g/mol. The molecule has 0 heterocycles. The summed E-state index contributed by atoms with van der Waals surface area (Å²) in [6.45, 7) is 5.59. The van der Waals surface area contributed by atoms with Gasteiger partial charge in [-0.15, -0.1) is 0 Å². The standard InChI is InChI=1S/C39H52F4O3/c1-3-5-23-44-34-21-19-32(36(40)38(34)42)29-9-7-26(8-10-29)25-46-31-17-15-28(16-18-31)27-11-13-30(14-12-27)33-20-22-35(39(43)37(33)41)45-24-6-4-2/h13,19-22,26-29,31H,3-12,14-18,23-25H2,1-2H3. The molecule has 2 aromatic carbocycles. The number of benzene rings is 2. The molecule has 7 heteroatoms. The highest BCUT2D eigenvalue weighted by Crippen LogP contribution is 2.43. The zero-order valence-corrected chi connectivity index (χ0v) is 27.7. The van der Waals surface area contributed by atoms with E-state index in [0.717, 1.165) is 108 Å². The predicted octanol–water partition coefficient (Wildman–Crippen LogP) is 11.3. The molecule has 2 saturated carbocycles. The number of halogens is 4. The topological polar surface area (TPSA) is 27.7 Å². The molecule has 0 spiro atoms. The first-order valence-electron chi connectivity index (χ1n) is 17.9. The molecule has 3 aliphatic rings. The highest BCUT2D eigenvalue weighted by atomic mass is 19.2. The maximum atomic E-state index is 14.9. The molecule has 1 unspecified atom stereocenters. The van der Waals surface area contributed by atoms with E-state index in [1.165, 1.54) is 0 Å². The fourth-order valence-corrected chi connectivity index (χ4v) is 7.68. The Kier molecular flexibility index (Phi) is 12.9. The van der Waals surface area contributed by atoms with Crippen LogP contribution in [0.5, 0.6) is 11.5 Å². The Bertz CT molecular complexity index is 1290. The number of ether oxygens (including phenoxy) is 3. The average Bonchev–Trinajstić information content (AvgIpc) is 3.09. The van der Waals surface area contributed by atoms with Gasteiger partial charge in [-0.05, 0) is 136 Å². The molecule has 254 valence electrons. The van der Waals surface area contributed by atoms with E-state index in [-0.39, 0.29) is 23.5 Å². The summed E-state index contributed by atoms with van der Waals surface area (Å²) < 4.78 is 76.3. The lowest BCUT2D eigenvalue weighted by molar-refractivity contribution is -0.0132. The second kappa shape index (κ2) is 17.0. The number of hydrogen-bond donors (Lipinski definition) is 0. The Hall–Kier alpha value is -2.54. The van der Waals surface area contributed by atoms with Gasteiger partial charge >= 0.3 is 0 Å². The lowest BCUT2D eigenvalue weighted by atomic mass is 9.72. The fourth-order valence-electron chi connectivity index (χ4n) is 7.68. The van der Waals surface area contributed by atoms with Crippen molar-refractivity contribution in [2.75, 3.05) is 19.8 Å². The molecule has 0 bridgehead atoms. The first kappa shape index (κ1) is 34.8. The molecule has 5 rings (SSSR count). The van der Waals surface area contributed by atoms with E-state index in [1.807, 2.05) is 13.8 Å². The summed E-state index contributed by atoms with van der Waals surface area (Å²) in [4.78, 5) is 0. The van der Waals surface area contributed by atoms with Gasteiger partial charge in [0.05, 0.1) is 19.3 Å². The van der Waals surface area contributed by atoms with Gasteiger partial charge in [0.15, 0.2) is 23.1 Å². The van der Waals surface area contributed by atoms with E-state index < -0.39 is 23.3 Å². The van der Waals surface area contributed by atoms with Crippen molar-refractivity contribution in [1.82, 2.24) is 0 Å². The van der Waals surface area contributed by atoms with Crippen LogP contribution in [0.15, 0.2) is 30.3 Å². The van der Waals surface area contributed by atoms with Crippen molar-refractivity contribution in [2.45, 2.75) is 122 Å². The number of unbranched alkanes of at least 4 members (excludes halogenated alkanes) is 2. The molecule has 2 aromatic rings. The van der Waals surface area contributed by atoms with Crippen molar-refractivity contribution >= 4 is 5.57 Å². The third kappa shape index (κ3) is 8.67. The summed E-state index contributed by atoms with van der Waals surface area (Å²) in [6, 6.07) is 6.53. The molecule has 0 amide bonds. The van der Waals surface area contributed by atoms with Gasteiger partial charge < -0.3 is 14.2 Å². The Balaban J connectivity index is 1.02. The first-order valence-corrected chi connectivity index (χ1v) is 17.9. The van der Waals surface area contributed by atoms with E-state index >= 15 is 0 Å². The Morgan fingerprint density at radius 2 is 1.28 bits per heavy atom. The SMILES string of the molecule is CCCCOc1ccc(C2=CCC(C3CCC(OCC4CCC(c5ccc(OCCCC)c(F)c5F)CC4)CC3)CC2)c(F)c1F. The van der Waals surface area contributed by atoms with Crippen LogP contribution in [0.25, 0.3) is 5.57 Å². The minimum absolute atomic E-state index is 0.00252.